The molecule has 1 aromatic carbocycles. The molecule has 0 amide bonds. The van der Waals surface area contributed by atoms with Crippen LogP contribution in [0, 0.1) is 0 Å². The van der Waals surface area contributed by atoms with Gasteiger partial charge in [-0.1, -0.05) is 43.9 Å². The van der Waals surface area contributed by atoms with E-state index in [1.54, 1.807) is 42.3 Å². The zero-order valence-corrected chi connectivity index (χ0v) is 26.4. The number of rotatable bonds is 11. The summed E-state index contributed by atoms with van der Waals surface area (Å²) in [4.78, 5) is 22.1. The normalized spacial score (nSPS) is 15.2. The van der Waals surface area contributed by atoms with E-state index in [1.807, 2.05) is 0 Å². The second-order valence-corrected chi connectivity index (χ2v) is 18.0. The number of nitrogens with zero attached hydrogens (tertiary/aromatic N) is 8. The molecule has 10 nitrogen and oxygen atoms in total. The van der Waals surface area contributed by atoms with E-state index in [2.05, 4.69) is 39.6 Å². The standard InChI is InChI=1S/C31H35F3N8O2Si/c1-41-16-24(31(32,33)34)38-29(41)21-8-6-19(7-9-21)14-22-27-23(42(40-22)18-44-12-13-45(3,4)5)15-35-28(39-27)25-26(20-10-11-20)36-17-37-30(25)43-2/h6-9,15-17,20H,10-14,18H2,1-5H3/i1D3. The zero-order valence-electron chi connectivity index (χ0n) is 28.4. The lowest BCUT2D eigenvalue weighted by Crippen LogP contribution is -2.22. The van der Waals surface area contributed by atoms with Gasteiger partial charge in [-0.3, -0.25) is 0 Å². The molecular formula is C31H35F3N8O2Si. The van der Waals surface area contributed by atoms with Crippen LogP contribution in [0.5, 0.6) is 5.88 Å². The summed E-state index contributed by atoms with van der Waals surface area (Å²) < 4.78 is 77.3. The molecule has 0 N–H and O–H groups in total. The fraction of sp³-hybridized carbons (Fsp3) is 0.419. The molecule has 6 rings (SSSR count). The lowest BCUT2D eigenvalue weighted by Gasteiger charge is -2.15. The van der Waals surface area contributed by atoms with Crippen LogP contribution in [-0.2, 0) is 31.0 Å². The molecule has 0 bridgehead atoms. The SMILES string of the molecule is [2H]C([2H])([2H])n1cc(C(F)(F)F)nc1-c1ccc(Cc2nn(COCC[Si](C)(C)C)c3cnc(-c4c(OC)ncnc4C4CC4)nc23)cc1. The van der Waals surface area contributed by atoms with E-state index in [-0.39, 0.29) is 24.0 Å². The van der Waals surface area contributed by atoms with Crippen LogP contribution in [0.25, 0.3) is 33.8 Å². The highest BCUT2D eigenvalue weighted by atomic mass is 28.3. The quantitative estimate of drug-likeness (QED) is 0.119. The maximum atomic E-state index is 13.4. The number of methoxy groups -OCH3 is 1. The number of aryl methyl sites for hydroxylation is 1. The minimum absolute atomic E-state index is 0.201. The summed E-state index contributed by atoms with van der Waals surface area (Å²) in [6, 6.07) is 7.50. The molecule has 0 saturated heterocycles. The van der Waals surface area contributed by atoms with Gasteiger partial charge in [0, 0.05) is 49.9 Å². The third kappa shape index (κ3) is 6.76. The van der Waals surface area contributed by atoms with Gasteiger partial charge in [0.25, 0.3) is 0 Å². The average molecular weight is 640 g/mol. The molecule has 0 atom stereocenters. The summed E-state index contributed by atoms with van der Waals surface area (Å²) in [6.45, 7) is 4.78. The van der Waals surface area contributed by atoms with Crippen molar-refractivity contribution in [2.75, 3.05) is 13.7 Å². The monoisotopic (exact) mass is 639 g/mol. The van der Waals surface area contributed by atoms with Crippen molar-refractivity contribution in [1.82, 2.24) is 39.3 Å². The number of fused-ring (bicyclic) bond motifs is 1. The second kappa shape index (κ2) is 12.0. The Labute approximate surface area is 263 Å². The van der Waals surface area contributed by atoms with Crippen molar-refractivity contribution >= 4 is 19.1 Å². The third-order valence-electron chi connectivity index (χ3n) is 7.58. The molecule has 0 unspecified atom stereocenters. The molecule has 0 aliphatic heterocycles. The average Bonchev–Trinajstić information content (AvgIpc) is 3.66. The van der Waals surface area contributed by atoms with Crippen LogP contribution in [0.2, 0.25) is 25.7 Å². The highest BCUT2D eigenvalue weighted by molar-refractivity contribution is 6.76. The van der Waals surface area contributed by atoms with Crippen LogP contribution in [0.1, 0.15) is 45.5 Å². The Hall–Kier alpha value is -4.17. The van der Waals surface area contributed by atoms with E-state index < -0.39 is 26.9 Å². The van der Waals surface area contributed by atoms with Gasteiger partial charge < -0.3 is 14.0 Å². The molecule has 45 heavy (non-hydrogen) atoms. The molecule has 1 aliphatic rings. The highest BCUT2D eigenvalue weighted by Gasteiger charge is 2.35. The first-order valence-corrected chi connectivity index (χ1v) is 18.3. The third-order valence-corrected chi connectivity index (χ3v) is 9.28. The van der Waals surface area contributed by atoms with Crippen molar-refractivity contribution in [3.05, 3.63) is 65.6 Å². The van der Waals surface area contributed by atoms with Crippen LogP contribution >= 0.6 is 0 Å². The Kier molecular flexibility index (Phi) is 7.22. The fourth-order valence-electron chi connectivity index (χ4n) is 4.99. The number of hydrogen-bond acceptors (Lipinski definition) is 8. The van der Waals surface area contributed by atoms with Gasteiger partial charge in [0.05, 0.1) is 24.7 Å². The largest absolute Gasteiger partial charge is 0.480 e. The molecule has 5 aromatic rings. The molecule has 0 radical (unpaired) electrons. The highest BCUT2D eigenvalue weighted by Crippen LogP contribution is 2.45. The first-order valence-electron chi connectivity index (χ1n) is 16.1. The summed E-state index contributed by atoms with van der Waals surface area (Å²) in [5, 5.41) is 4.85. The minimum atomic E-state index is -4.79. The minimum Gasteiger partial charge on any atom is -0.480 e. The number of ether oxygens (including phenoxy) is 2. The van der Waals surface area contributed by atoms with Gasteiger partial charge in [0.15, 0.2) is 11.5 Å². The molecule has 1 saturated carbocycles. The maximum absolute atomic E-state index is 13.4. The lowest BCUT2D eigenvalue weighted by atomic mass is 10.1. The number of hydrogen-bond donors (Lipinski definition) is 0. The number of halogens is 3. The van der Waals surface area contributed by atoms with E-state index in [0.717, 1.165) is 30.1 Å². The topological polar surface area (TPSA) is 106 Å². The van der Waals surface area contributed by atoms with Gasteiger partial charge in [-0.15, -0.1) is 0 Å². The van der Waals surface area contributed by atoms with Crippen LogP contribution in [0.15, 0.2) is 43.0 Å². The van der Waals surface area contributed by atoms with E-state index in [1.165, 1.54) is 6.33 Å². The van der Waals surface area contributed by atoms with Gasteiger partial charge in [-0.05, 0) is 24.4 Å². The number of imidazole rings is 1. The maximum Gasteiger partial charge on any atom is 0.434 e. The van der Waals surface area contributed by atoms with Crippen molar-refractivity contribution in [2.24, 2.45) is 6.98 Å². The Bertz CT molecular complexity index is 1940. The lowest BCUT2D eigenvalue weighted by molar-refractivity contribution is -0.140. The summed E-state index contributed by atoms with van der Waals surface area (Å²) in [6.07, 6.45) is 1.23. The van der Waals surface area contributed by atoms with Crippen molar-refractivity contribution in [2.45, 2.75) is 63.8 Å². The van der Waals surface area contributed by atoms with Crippen LogP contribution in [0.4, 0.5) is 13.2 Å². The van der Waals surface area contributed by atoms with Crippen LogP contribution < -0.4 is 4.74 Å². The van der Waals surface area contributed by atoms with E-state index in [0.29, 0.717) is 57.8 Å². The van der Waals surface area contributed by atoms with Gasteiger partial charge in [-0.2, -0.15) is 18.3 Å². The zero-order chi connectivity index (χ0) is 34.4. The van der Waals surface area contributed by atoms with Crippen LogP contribution in [-0.4, -0.2) is 61.1 Å². The Morgan fingerprint density at radius 2 is 1.84 bits per heavy atom. The molecule has 236 valence electrons. The number of alkyl halides is 3. The van der Waals surface area contributed by atoms with E-state index in [4.69, 9.17) is 23.7 Å². The van der Waals surface area contributed by atoms with E-state index >= 15 is 0 Å². The molecule has 4 aromatic heterocycles. The summed E-state index contributed by atoms with van der Waals surface area (Å²) in [5.74, 6) is 0.774. The molecule has 0 spiro atoms. The predicted octanol–water partition coefficient (Wildman–Crippen LogP) is 6.49. The van der Waals surface area contributed by atoms with Crippen molar-refractivity contribution in [1.29, 1.82) is 0 Å². The van der Waals surface area contributed by atoms with Gasteiger partial charge in [0.1, 0.15) is 35.5 Å². The summed E-state index contributed by atoms with van der Waals surface area (Å²) >= 11 is 0. The molecular weight excluding hydrogens is 601 g/mol. The Morgan fingerprint density at radius 1 is 1.07 bits per heavy atom. The van der Waals surface area contributed by atoms with Crippen LogP contribution in [0.3, 0.4) is 0 Å². The number of aromatic nitrogens is 8. The van der Waals surface area contributed by atoms with Gasteiger partial charge in [0.2, 0.25) is 5.88 Å². The first-order chi connectivity index (χ1) is 22.6. The van der Waals surface area contributed by atoms with Gasteiger partial charge >= 0.3 is 6.18 Å². The first kappa shape index (κ1) is 27.2. The molecule has 14 heteroatoms. The second-order valence-electron chi connectivity index (χ2n) is 12.3. The van der Waals surface area contributed by atoms with Crippen molar-refractivity contribution < 1.29 is 26.8 Å². The molecule has 4 heterocycles. The van der Waals surface area contributed by atoms with Crippen molar-refractivity contribution in [3.8, 4) is 28.7 Å². The van der Waals surface area contributed by atoms with Crippen molar-refractivity contribution in [3.63, 3.8) is 0 Å². The van der Waals surface area contributed by atoms with Gasteiger partial charge in [-0.25, -0.2) is 29.6 Å². The Balaban J connectivity index is 1.36. The summed E-state index contributed by atoms with van der Waals surface area (Å²) in [5.41, 5.74) is 3.09. The molecule has 1 aliphatic carbocycles. The smallest absolute Gasteiger partial charge is 0.434 e. The predicted molar refractivity (Wildman–Crippen MR) is 165 cm³/mol. The van der Waals surface area contributed by atoms with E-state index in [9.17, 15) is 13.2 Å². The Morgan fingerprint density at radius 3 is 2.51 bits per heavy atom. The number of benzene rings is 1. The fourth-order valence-corrected chi connectivity index (χ4v) is 5.75. The molecule has 1 fully saturated rings. The summed E-state index contributed by atoms with van der Waals surface area (Å²) in [7, 11) is 0.236.